The molecule has 0 aromatic rings. The van der Waals surface area contributed by atoms with Gasteiger partial charge in [0.25, 0.3) is 0 Å². The fraction of sp³-hybridized carbons (Fsp3) is 0.884. The van der Waals surface area contributed by atoms with Gasteiger partial charge in [-0.05, 0) is 103 Å². The van der Waals surface area contributed by atoms with E-state index in [-0.39, 0.29) is 12.3 Å². The lowest BCUT2D eigenvalue weighted by Gasteiger charge is -2.18. The first-order valence-corrected chi connectivity index (χ1v) is 21.2. The zero-order valence-electron chi connectivity index (χ0n) is 33.0. The molecular formula is C43H83NO5. The maximum absolute atomic E-state index is 12.4. The second-order valence-corrected chi connectivity index (χ2v) is 13.7. The summed E-state index contributed by atoms with van der Waals surface area (Å²) < 4.78 is 23.3. The first-order chi connectivity index (χ1) is 24.2. The third-order valence-corrected chi connectivity index (χ3v) is 8.82. The van der Waals surface area contributed by atoms with E-state index >= 15 is 0 Å². The van der Waals surface area contributed by atoms with Gasteiger partial charge in [0.05, 0.1) is 13.0 Å². The van der Waals surface area contributed by atoms with E-state index in [9.17, 15) is 4.79 Å². The molecule has 0 aliphatic heterocycles. The van der Waals surface area contributed by atoms with E-state index in [1.165, 1.54) is 89.9 Å². The van der Waals surface area contributed by atoms with Crippen molar-refractivity contribution in [1.82, 2.24) is 5.32 Å². The number of hydrogen-bond acceptors (Lipinski definition) is 6. The minimum absolute atomic E-state index is 0.141. The van der Waals surface area contributed by atoms with Crippen LogP contribution in [0.15, 0.2) is 24.3 Å². The van der Waals surface area contributed by atoms with Crippen LogP contribution in [0.4, 0.5) is 0 Å². The van der Waals surface area contributed by atoms with Crippen LogP contribution in [0.25, 0.3) is 0 Å². The minimum atomic E-state index is -0.328. The van der Waals surface area contributed by atoms with Crippen molar-refractivity contribution in [3.05, 3.63) is 24.3 Å². The number of nitrogens with one attached hydrogen (secondary N) is 1. The summed E-state index contributed by atoms with van der Waals surface area (Å²) in [6, 6.07) is 0. The molecule has 0 unspecified atom stereocenters. The summed E-state index contributed by atoms with van der Waals surface area (Å²) in [5, 5.41) is 3.58. The lowest BCUT2D eigenvalue weighted by Crippen LogP contribution is -2.21. The standard InChI is InChI=1S/C43H83NO5/c1-4-7-10-13-21-28-37-46-38-29-22-19-17-16-18-20-26-35-44-36-27-25-32-39-47-42(45)33-34-43(48-40-30-23-14-11-8-5-2)49-41-31-24-15-12-9-6-3/h8-9,11-12,43-44H,4-7,10,13-41H2,1-3H3/b11-8-,12-9-. The summed E-state index contributed by atoms with van der Waals surface area (Å²) in [5.74, 6) is -0.141. The molecule has 290 valence electrons. The van der Waals surface area contributed by atoms with E-state index in [1.54, 1.807) is 0 Å². The van der Waals surface area contributed by atoms with Crippen LogP contribution in [-0.4, -0.2) is 58.4 Å². The van der Waals surface area contributed by atoms with Gasteiger partial charge in [-0.25, -0.2) is 0 Å². The van der Waals surface area contributed by atoms with E-state index in [2.05, 4.69) is 50.4 Å². The van der Waals surface area contributed by atoms with Crippen LogP contribution in [0.1, 0.15) is 194 Å². The van der Waals surface area contributed by atoms with Gasteiger partial charge in [0.15, 0.2) is 6.29 Å². The molecule has 0 aliphatic carbocycles. The Morgan fingerprint density at radius 3 is 1.49 bits per heavy atom. The molecule has 0 aromatic carbocycles. The van der Waals surface area contributed by atoms with Gasteiger partial charge < -0.3 is 24.3 Å². The average molecular weight is 694 g/mol. The molecule has 49 heavy (non-hydrogen) atoms. The molecule has 1 N–H and O–H groups in total. The van der Waals surface area contributed by atoms with Crippen LogP contribution in [-0.2, 0) is 23.7 Å². The molecule has 6 nitrogen and oxygen atoms in total. The van der Waals surface area contributed by atoms with Crippen LogP contribution in [0.2, 0.25) is 0 Å². The fourth-order valence-electron chi connectivity index (χ4n) is 5.69. The monoisotopic (exact) mass is 694 g/mol. The second-order valence-electron chi connectivity index (χ2n) is 13.7. The Morgan fingerprint density at radius 2 is 0.959 bits per heavy atom. The maximum Gasteiger partial charge on any atom is 0.305 e. The number of carbonyl (C=O) groups is 1. The Hall–Kier alpha value is -1.21. The summed E-state index contributed by atoms with van der Waals surface area (Å²) in [5.41, 5.74) is 0. The molecule has 0 bridgehead atoms. The molecule has 0 spiro atoms. The van der Waals surface area contributed by atoms with Crippen molar-refractivity contribution in [3.63, 3.8) is 0 Å². The quantitative estimate of drug-likeness (QED) is 0.0298. The molecule has 0 aliphatic rings. The van der Waals surface area contributed by atoms with Gasteiger partial charge in [-0.1, -0.05) is 116 Å². The Bertz CT molecular complexity index is 674. The Kier molecular flexibility index (Phi) is 41.9. The first kappa shape index (κ1) is 47.8. The molecule has 0 rings (SSSR count). The van der Waals surface area contributed by atoms with Crippen molar-refractivity contribution in [1.29, 1.82) is 0 Å². The SMILES string of the molecule is CC/C=C\CCCCOC(CCC(=O)OCCCCCNCCCCCCCCCCOCCCCCCCC)OCCCC/C=C\CC. The zero-order valence-corrected chi connectivity index (χ0v) is 33.0. The highest BCUT2D eigenvalue weighted by atomic mass is 16.7. The van der Waals surface area contributed by atoms with Crippen molar-refractivity contribution in [2.75, 3.05) is 46.1 Å². The molecule has 0 fully saturated rings. The number of rotatable bonds is 41. The molecule has 6 heteroatoms. The molecule has 0 amide bonds. The van der Waals surface area contributed by atoms with Gasteiger partial charge in [-0.3, -0.25) is 4.79 Å². The number of esters is 1. The topological polar surface area (TPSA) is 66.0 Å². The molecule has 0 saturated carbocycles. The van der Waals surface area contributed by atoms with Gasteiger partial charge >= 0.3 is 5.97 Å². The summed E-state index contributed by atoms with van der Waals surface area (Å²) in [6.45, 7) is 12.5. The van der Waals surface area contributed by atoms with E-state index in [1.807, 2.05) is 0 Å². The fourth-order valence-corrected chi connectivity index (χ4v) is 5.69. The van der Waals surface area contributed by atoms with E-state index in [0.29, 0.717) is 32.7 Å². The van der Waals surface area contributed by atoms with Crippen molar-refractivity contribution in [2.24, 2.45) is 0 Å². The predicted molar refractivity (Wildman–Crippen MR) is 210 cm³/mol. The van der Waals surface area contributed by atoms with Crippen LogP contribution in [0.5, 0.6) is 0 Å². The van der Waals surface area contributed by atoms with Crippen LogP contribution < -0.4 is 5.32 Å². The average Bonchev–Trinajstić information content (AvgIpc) is 3.11. The third-order valence-electron chi connectivity index (χ3n) is 8.82. The zero-order chi connectivity index (χ0) is 35.6. The second kappa shape index (κ2) is 43.0. The highest BCUT2D eigenvalue weighted by Gasteiger charge is 2.13. The van der Waals surface area contributed by atoms with Gasteiger partial charge in [0.2, 0.25) is 0 Å². The van der Waals surface area contributed by atoms with Crippen molar-refractivity contribution in [3.8, 4) is 0 Å². The molecule has 0 saturated heterocycles. The molecule has 0 radical (unpaired) electrons. The normalized spacial score (nSPS) is 11.9. The third kappa shape index (κ3) is 41.1. The van der Waals surface area contributed by atoms with Crippen molar-refractivity contribution < 1.29 is 23.7 Å². The minimum Gasteiger partial charge on any atom is -0.466 e. The smallest absolute Gasteiger partial charge is 0.305 e. The molecular weight excluding hydrogens is 610 g/mol. The molecule has 0 heterocycles. The summed E-state index contributed by atoms with van der Waals surface area (Å²) >= 11 is 0. The van der Waals surface area contributed by atoms with Gasteiger partial charge in [-0.15, -0.1) is 0 Å². The number of hydrogen-bond donors (Lipinski definition) is 1. The van der Waals surface area contributed by atoms with Gasteiger partial charge in [0, 0.05) is 32.8 Å². The van der Waals surface area contributed by atoms with Gasteiger partial charge in [0.1, 0.15) is 0 Å². The number of ether oxygens (including phenoxy) is 4. The largest absolute Gasteiger partial charge is 0.466 e. The lowest BCUT2D eigenvalue weighted by atomic mass is 10.1. The highest BCUT2D eigenvalue weighted by Crippen LogP contribution is 2.12. The molecule has 0 aromatic heterocycles. The molecule has 0 atom stereocenters. The van der Waals surface area contributed by atoms with E-state index < -0.39 is 0 Å². The highest BCUT2D eigenvalue weighted by molar-refractivity contribution is 5.69. The lowest BCUT2D eigenvalue weighted by molar-refractivity contribution is -0.159. The van der Waals surface area contributed by atoms with Crippen LogP contribution in [0.3, 0.4) is 0 Å². The maximum atomic E-state index is 12.4. The summed E-state index contributed by atoms with van der Waals surface area (Å²) in [4.78, 5) is 12.4. The van der Waals surface area contributed by atoms with Crippen molar-refractivity contribution >= 4 is 5.97 Å². The Labute approximate surface area is 305 Å². The first-order valence-electron chi connectivity index (χ1n) is 21.2. The number of allylic oxidation sites excluding steroid dienone is 4. The van der Waals surface area contributed by atoms with Crippen molar-refractivity contribution in [2.45, 2.75) is 200 Å². The van der Waals surface area contributed by atoms with Crippen LogP contribution >= 0.6 is 0 Å². The Balaban J connectivity index is 3.64. The number of unbranched alkanes of at least 4 members (excludes halogenated alkanes) is 18. The summed E-state index contributed by atoms with van der Waals surface area (Å²) in [6.07, 6.45) is 39.8. The Morgan fingerprint density at radius 1 is 0.510 bits per heavy atom. The van der Waals surface area contributed by atoms with E-state index in [4.69, 9.17) is 18.9 Å². The van der Waals surface area contributed by atoms with Gasteiger partial charge in [-0.2, -0.15) is 0 Å². The predicted octanol–water partition coefficient (Wildman–Crippen LogP) is 12.2. The summed E-state index contributed by atoms with van der Waals surface area (Å²) in [7, 11) is 0. The van der Waals surface area contributed by atoms with E-state index in [0.717, 1.165) is 96.9 Å². The van der Waals surface area contributed by atoms with Crippen LogP contribution in [0, 0.1) is 0 Å². The number of carbonyl (C=O) groups excluding carboxylic acids is 1.